The van der Waals surface area contributed by atoms with E-state index >= 15 is 0 Å². The van der Waals surface area contributed by atoms with E-state index in [0.29, 0.717) is 5.75 Å². The summed E-state index contributed by atoms with van der Waals surface area (Å²) in [7, 11) is 0. The van der Waals surface area contributed by atoms with Gasteiger partial charge in [0.25, 0.3) is 0 Å². The molecule has 23 heavy (non-hydrogen) atoms. The summed E-state index contributed by atoms with van der Waals surface area (Å²) in [6.07, 6.45) is 0.928. The summed E-state index contributed by atoms with van der Waals surface area (Å²) in [5.41, 5.74) is 2.09. The first-order valence-corrected chi connectivity index (χ1v) is 9.79. The Labute approximate surface area is 146 Å². The first kappa shape index (κ1) is 18.0. The van der Waals surface area contributed by atoms with E-state index in [0.717, 1.165) is 28.4 Å². The highest BCUT2D eigenvalue weighted by Crippen LogP contribution is 2.30. The Hall–Kier alpha value is -1.33. The summed E-state index contributed by atoms with van der Waals surface area (Å²) in [6.45, 7) is 8.22. The number of carbonyl (C=O) groups excluding carboxylic acids is 1. The molecule has 1 aromatic carbocycles. The lowest BCUT2D eigenvalue weighted by molar-refractivity contribution is -0.120. The van der Waals surface area contributed by atoms with E-state index in [1.165, 1.54) is 4.88 Å². The van der Waals surface area contributed by atoms with Gasteiger partial charge in [0.05, 0.1) is 11.4 Å². The molecule has 0 atom stereocenters. The maximum absolute atomic E-state index is 12.0. The lowest BCUT2D eigenvalue weighted by Gasteiger charge is -2.24. The predicted molar refractivity (Wildman–Crippen MR) is 101 cm³/mol. The molecule has 0 fully saturated rings. The minimum Gasteiger partial charge on any atom is -0.351 e. The highest BCUT2D eigenvalue weighted by molar-refractivity contribution is 7.99. The lowest BCUT2D eigenvalue weighted by Crippen LogP contribution is -2.43. The molecule has 2 rings (SSSR count). The second-order valence-electron chi connectivity index (χ2n) is 6.17. The molecule has 0 aliphatic heterocycles. The van der Waals surface area contributed by atoms with Crippen LogP contribution in [-0.2, 0) is 10.5 Å². The summed E-state index contributed by atoms with van der Waals surface area (Å²) in [4.78, 5) is 17.9. The Morgan fingerprint density at radius 3 is 2.65 bits per heavy atom. The Morgan fingerprint density at radius 2 is 2.00 bits per heavy atom. The van der Waals surface area contributed by atoms with E-state index < -0.39 is 0 Å². The molecule has 0 radical (unpaired) electrons. The van der Waals surface area contributed by atoms with Crippen LogP contribution in [0.15, 0.2) is 30.3 Å². The minimum atomic E-state index is -0.126. The number of benzene rings is 1. The molecule has 1 heterocycles. The van der Waals surface area contributed by atoms with Crippen molar-refractivity contribution in [3.63, 3.8) is 0 Å². The van der Waals surface area contributed by atoms with Crippen LogP contribution in [0.4, 0.5) is 0 Å². The maximum Gasteiger partial charge on any atom is 0.230 e. The highest BCUT2D eigenvalue weighted by Gasteiger charge is 2.17. The number of aromatic nitrogens is 1. The smallest absolute Gasteiger partial charge is 0.230 e. The second kappa shape index (κ2) is 7.97. The molecule has 1 aromatic heterocycles. The number of thioether (sulfide) groups is 1. The summed E-state index contributed by atoms with van der Waals surface area (Å²) in [5, 5.41) is 4.12. The normalized spacial score (nSPS) is 11.5. The van der Waals surface area contributed by atoms with Gasteiger partial charge in [0, 0.05) is 21.7 Å². The molecule has 1 N–H and O–H groups in total. The number of amides is 1. The van der Waals surface area contributed by atoms with Gasteiger partial charge in [-0.15, -0.1) is 23.1 Å². The van der Waals surface area contributed by atoms with Crippen LogP contribution in [0, 0.1) is 6.92 Å². The monoisotopic (exact) mass is 348 g/mol. The summed E-state index contributed by atoms with van der Waals surface area (Å²) in [5.74, 6) is 1.42. The average Bonchev–Trinajstić information content (AvgIpc) is 2.89. The maximum atomic E-state index is 12.0. The van der Waals surface area contributed by atoms with Crippen LogP contribution >= 0.6 is 23.1 Å². The van der Waals surface area contributed by atoms with Gasteiger partial charge in [-0.05, 0) is 27.2 Å². The standard InChI is InChI=1S/C18H24N2OS2/c1-5-18(3,4)20-16(21)12-22-11-15-13(2)19-17(23-15)14-9-7-6-8-10-14/h6-10H,5,11-12H2,1-4H3,(H,20,21). The highest BCUT2D eigenvalue weighted by atomic mass is 32.2. The molecule has 0 saturated heterocycles. The number of aryl methyl sites for hydroxylation is 1. The van der Waals surface area contributed by atoms with Gasteiger partial charge < -0.3 is 5.32 Å². The van der Waals surface area contributed by atoms with Gasteiger partial charge in [-0.3, -0.25) is 4.79 Å². The Kier molecular flexibility index (Phi) is 6.25. The van der Waals surface area contributed by atoms with Gasteiger partial charge >= 0.3 is 0 Å². The van der Waals surface area contributed by atoms with Crippen LogP contribution in [0.2, 0.25) is 0 Å². The molecule has 2 aromatic rings. The molecule has 0 aliphatic rings. The van der Waals surface area contributed by atoms with Crippen LogP contribution < -0.4 is 5.32 Å². The predicted octanol–water partition coefficient (Wildman–Crippen LogP) is 4.66. The van der Waals surface area contributed by atoms with Crippen molar-refractivity contribution in [3.05, 3.63) is 40.9 Å². The van der Waals surface area contributed by atoms with Gasteiger partial charge in [-0.1, -0.05) is 37.3 Å². The zero-order valence-electron chi connectivity index (χ0n) is 14.2. The van der Waals surface area contributed by atoms with Crippen molar-refractivity contribution in [1.82, 2.24) is 10.3 Å². The average molecular weight is 349 g/mol. The number of nitrogens with zero attached hydrogens (tertiary/aromatic N) is 1. The molecule has 5 heteroatoms. The van der Waals surface area contributed by atoms with E-state index in [1.807, 2.05) is 25.1 Å². The molecule has 0 bridgehead atoms. The minimum absolute atomic E-state index is 0.104. The van der Waals surface area contributed by atoms with Gasteiger partial charge in [-0.2, -0.15) is 0 Å². The van der Waals surface area contributed by atoms with Gasteiger partial charge in [0.2, 0.25) is 5.91 Å². The molecular formula is C18H24N2OS2. The van der Waals surface area contributed by atoms with E-state index in [9.17, 15) is 4.79 Å². The first-order valence-electron chi connectivity index (χ1n) is 7.82. The number of hydrogen-bond donors (Lipinski definition) is 1. The van der Waals surface area contributed by atoms with Gasteiger partial charge in [-0.25, -0.2) is 4.98 Å². The Morgan fingerprint density at radius 1 is 1.30 bits per heavy atom. The van der Waals surface area contributed by atoms with E-state index in [1.54, 1.807) is 23.1 Å². The van der Waals surface area contributed by atoms with Gasteiger partial charge in [0.1, 0.15) is 5.01 Å². The second-order valence-corrected chi connectivity index (χ2v) is 8.24. The largest absolute Gasteiger partial charge is 0.351 e. The van der Waals surface area contributed by atoms with Crippen molar-refractivity contribution in [2.75, 3.05) is 5.75 Å². The quantitative estimate of drug-likeness (QED) is 0.791. The van der Waals surface area contributed by atoms with Crippen molar-refractivity contribution in [2.24, 2.45) is 0 Å². The summed E-state index contributed by atoms with van der Waals surface area (Å²) < 4.78 is 0. The fourth-order valence-corrected chi connectivity index (χ4v) is 4.11. The zero-order chi connectivity index (χ0) is 16.9. The van der Waals surface area contributed by atoms with Crippen molar-refractivity contribution in [1.29, 1.82) is 0 Å². The van der Waals surface area contributed by atoms with Crippen molar-refractivity contribution < 1.29 is 4.79 Å². The molecule has 124 valence electrons. The van der Waals surface area contributed by atoms with Crippen LogP contribution in [0.3, 0.4) is 0 Å². The molecule has 0 unspecified atom stereocenters. The van der Waals surface area contributed by atoms with Crippen molar-refractivity contribution in [3.8, 4) is 10.6 Å². The third kappa shape index (κ3) is 5.36. The fourth-order valence-electron chi connectivity index (χ4n) is 2.00. The summed E-state index contributed by atoms with van der Waals surface area (Å²) >= 11 is 3.36. The van der Waals surface area contributed by atoms with Crippen molar-refractivity contribution in [2.45, 2.75) is 45.4 Å². The van der Waals surface area contributed by atoms with E-state index in [4.69, 9.17) is 0 Å². The van der Waals surface area contributed by atoms with Crippen LogP contribution in [-0.4, -0.2) is 22.2 Å². The third-order valence-electron chi connectivity index (χ3n) is 3.74. The topological polar surface area (TPSA) is 42.0 Å². The van der Waals surface area contributed by atoms with Crippen LogP contribution in [0.1, 0.15) is 37.8 Å². The lowest BCUT2D eigenvalue weighted by atomic mass is 10.0. The first-order chi connectivity index (χ1) is 10.9. The number of thiazole rings is 1. The Balaban J connectivity index is 1.90. The number of rotatable bonds is 7. The molecular weight excluding hydrogens is 324 g/mol. The van der Waals surface area contributed by atoms with Crippen LogP contribution in [0.5, 0.6) is 0 Å². The number of carbonyl (C=O) groups is 1. The Bertz CT molecular complexity index is 650. The molecule has 3 nitrogen and oxygen atoms in total. The molecule has 0 aliphatic carbocycles. The fraction of sp³-hybridized carbons (Fsp3) is 0.444. The van der Waals surface area contributed by atoms with E-state index in [2.05, 4.69) is 43.2 Å². The summed E-state index contributed by atoms with van der Waals surface area (Å²) in [6, 6.07) is 10.2. The molecule has 0 saturated carbocycles. The third-order valence-corrected chi connectivity index (χ3v) is 6.09. The van der Waals surface area contributed by atoms with Crippen LogP contribution in [0.25, 0.3) is 10.6 Å². The van der Waals surface area contributed by atoms with Crippen molar-refractivity contribution >= 4 is 29.0 Å². The molecule has 0 spiro atoms. The number of hydrogen-bond acceptors (Lipinski definition) is 4. The zero-order valence-corrected chi connectivity index (χ0v) is 15.8. The SMILES string of the molecule is CCC(C)(C)NC(=O)CSCc1sc(-c2ccccc2)nc1C. The van der Waals surface area contributed by atoms with E-state index in [-0.39, 0.29) is 11.4 Å². The molecule has 1 amide bonds. The number of nitrogens with one attached hydrogen (secondary N) is 1. The van der Waals surface area contributed by atoms with Gasteiger partial charge in [0.15, 0.2) is 0 Å².